The molecule has 0 aliphatic rings. The number of ether oxygens (including phenoxy) is 1. The summed E-state index contributed by atoms with van der Waals surface area (Å²) >= 11 is 3.44. The van der Waals surface area contributed by atoms with Crippen LogP contribution >= 0.6 is 15.9 Å². The smallest absolute Gasteiger partial charge is 0.273 e. The molecule has 0 atom stereocenters. The van der Waals surface area contributed by atoms with Crippen LogP contribution < -0.4 is 10.1 Å². The van der Waals surface area contributed by atoms with Crippen LogP contribution in [0.5, 0.6) is 5.75 Å². The summed E-state index contributed by atoms with van der Waals surface area (Å²) in [5, 5.41) is 13.9. The molecule has 8 nitrogen and oxygen atoms in total. The Bertz CT molecular complexity index is 1330. The molecule has 1 N–H and O–H groups in total. The highest BCUT2D eigenvalue weighted by Gasteiger charge is 2.16. The number of oxazole rings is 1. The van der Waals surface area contributed by atoms with Gasteiger partial charge in [-0.05, 0) is 65.3 Å². The number of benzene rings is 3. The predicted octanol–water partition coefficient (Wildman–Crippen LogP) is 5.73. The third-order valence-electron chi connectivity index (χ3n) is 4.71. The molecule has 3 aromatic carbocycles. The van der Waals surface area contributed by atoms with Crippen molar-refractivity contribution < 1.29 is 18.9 Å². The van der Waals surface area contributed by atoms with Crippen molar-refractivity contribution in [2.75, 3.05) is 12.4 Å². The highest BCUT2D eigenvalue weighted by Crippen LogP contribution is 2.32. The van der Waals surface area contributed by atoms with Crippen LogP contribution in [0.1, 0.15) is 15.9 Å². The number of anilines is 1. The molecular formula is C22H16BrN3O5. The molecule has 9 heteroatoms. The molecule has 1 heterocycles. The van der Waals surface area contributed by atoms with Gasteiger partial charge in [0.2, 0.25) is 5.89 Å². The molecular weight excluding hydrogens is 466 g/mol. The number of fused-ring (bicyclic) bond motifs is 1. The van der Waals surface area contributed by atoms with E-state index in [4.69, 9.17) is 9.15 Å². The fourth-order valence-electron chi connectivity index (χ4n) is 3.08. The van der Waals surface area contributed by atoms with E-state index in [0.29, 0.717) is 34.0 Å². The number of nitro benzene ring substituents is 1. The normalized spacial score (nSPS) is 10.8. The maximum atomic E-state index is 12.6. The Labute approximate surface area is 185 Å². The van der Waals surface area contributed by atoms with Gasteiger partial charge in [0.15, 0.2) is 5.58 Å². The van der Waals surface area contributed by atoms with Gasteiger partial charge in [-0.25, -0.2) is 4.98 Å². The molecule has 31 heavy (non-hydrogen) atoms. The van der Waals surface area contributed by atoms with Crippen LogP contribution in [0.25, 0.3) is 22.6 Å². The highest BCUT2D eigenvalue weighted by molar-refractivity contribution is 9.10. The van der Waals surface area contributed by atoms with Crippen LogP contribution in [0.2, 0.25) is 0 Å². The van der Waals surface area contributed by atoms with Crippen LogP contribution in [0, 0.1) is 17.0 Å². The van der Waals surface area contributed by atoms with Crippen molar-refractivity contribution in [3.05, 3.63) is 80.3 Å². The Morgan fingerprint density at radius 3 is 2.68 bits per heavy atom. The maximum Gasteiger partial charge on any atom is 0.273 e. The molecule has 0 aliphatic carbocycles. The molecule has 0 radical (unpaired) electrons. The van der Waals surface area contributed by atoms with Crippen molar-refractivity contribution in [1.82, 2.24) is 4.98 Å². The first kappa shape index (κ1) is 20.5. The van der Waals surface area contributed by atoms with Crippen molar-refractivity contribution in [3.8, 4) is 17.2 Å². The summed E-state index contributed by atoms with van der Waals surface area (Å²) in [5.41, 5.74) is 2.97. The first-order chi connectivity index (χ1) is 14.9. The number of hydrogen-bond donors (Lipinski definition) is 1. The second-order valence-electron chi connectivity index (χ2n) is 6.76. The molecule has 0 saturated carbocycles. The number of aromatic nitrogens is 1. The van der Waals surface area contributed by atoms with E-state index in [1.54, 1.807) is 50.4 Å². The number of hydrogen-bond acceptors (Lipinski definition) is 6. The fraction of sp³-hybridized carbons (Fsp3) is 0.0909. The van der Waals surface area contributed by atoms with Gasteiger partial charge in [0, 0.05) is 28.4 Å². The zero-order chi connectivity index (χ0) is 22.1. The lowest BCUT2D eigenvalue weighted by Crippen LogP contribution is -2.12. The van der Waals surface area contributed by atoms with Crippen molar-refractivity contribution in [1.29, 1.82) is 0 Å². The summed E-state index contributed by atoms with van der Waals surface area (Å²) in [7, 11) is 1.59. The summed E-state index contributed by atoms with van der Waals surface area (Å²) in [6.45, 7) is 1.62. The summed E-state index contributed by atoms with van der Waals surface area (Å²) in [6, 6.07) is 14.9. The Morgan fingerprint density at radius 2 is 1.97 bits per heavy atom. The number of aryl methyl sites for hydroxylation is 1. The average molecular weight is 482 g/mol. The first-order valence-electron chi connectivity index (χ1n) is 9.16. The third-order valence-corrected chi connectivity index (χ3v) is 5.33. The lowest BCUT2D eigenvalue weighted by molar-refractivity contribution is -0.385. The van der Waals surface area contributed by atoms with E-state index < -0.39 is 10.8 Å². The Balaban J connectivity index is 1.60. The van der Waals surface area contributed by atoms with Gasteiger partial charge >= 0.3 is 0 Å². The predicted molar refractivity (Wildman–Crippen MR) is 119 cm³/mol. The summed E-state index contributed by atoms with van der Waals surface area (Å²) in [4.78, 5) is 27.7. The van der Waals surface area contributed by atoms with Crippen molar-refractivity contribution in [2.45, 2.75) is 6.92 Å². The van der Waals surface area contributed by atoms with Gasteiger partial charge in [-0.3, -0.25) is 14.9 Å². The van der Waals surface area contributed by atoms with Gasteiger partial charge in [0.25, 0.3) is 11.6 Å². The molecule has 1 amide bonds. The summed E-state index contributed by atoms with van der Waals surface area (Å²) in [5.74, 6) is 0.669. The Morgan fingerprint density at radius 1 is 1.16 bits per heavy atom. The molecule has 0 spiro atoms. The molecule has 4 aromatic rings. The second kappa shape index (κ2) is 8.19. The quantitative estimate of drug-likeness (QED) is 0.287. The van der Waals surface area contributed by atoms with E-state index >= 15 is 0 Å². The molecule has 0 bridgehead atoms. The van der Waals surface area contributed by atoms with Crippen LogP contribution in [-0.4, -0.2) is 22.9 Å². The third kappa shape index (κ3) is 4.13. The van der Waals surface area contributed by atoms with Crippen LogP contribution in [0.15, 0.2) is 63.5 Å². The fourth-order valence-corrected chi connectivity index (χ4v) is 3.62. The van der Waals surface area contributed by atoms with Gasteiger partial charge in [0.1, 0.15) is 11.3 Å². The van der Waals surface area contributed by atoms with Gasteiger partial charge in [-0.15, -0.1) is 0 Å². The maximum absolute atomic E-state index is 12.6. The van der Waals surface area contributed by atoms with Crippen LogP contribution in [0.4, 0.5) is 11.4 Å². The zero-order valence-electron chi connectivity index (χ0n) is 16.5. The number of nitro groups is 1. The molecule has 0 saturated heterocycles. The number of carbonyl (C=O) groups is 1. The number of methoxy groups -OCH3 is 1. The minimum absolute atomic E-state index is 0.102. The minimum atomic E-state index is -0.507. The van der Waals surface area contributed by atoms with E-state index in [1.165, 1.54) is 6.07 Å². The number of nitrogens with zero attached hydrogens (tertiary/aromatic N) is 2. The molecule has 156 valence electrons. The van der Waals surface area contributed by atoms with E-state index in [2.05, 4.69) is 26.2 Å². The zero-order valence-corrected chi connectivity index (χ0v) is 18.1. The largest absolute Gasteiger partial charge is 0.496 e. The monoisotopic (exact) mass is 481 g/mol. The van der Waals surface area contributed by atoms with E-state index in [9.17, 15) is 14.9 Å². The summed E-state index contributed by atoms with van der Waals surface area (Å²) < 4.78 is 11.8. The van der Waals surface area contributed by atoms with Crippen molar-refractivity contribution in [2.24, 2.45) is 0 Å². The lowest BCUT2D eigenvalue weighted by atomic mass is 10.1. The first-order valence-corrected chi connectivity index (χ1v) is 9.96. The van der Waals surface area contributed by atoms with E-state index in [-0.39, 0.29) is 11.3 Å². The molecule has 0 fully saturated rings. The van der Waals surface area contributed by atoms with E-state index in [1.807, 2.05) is 12.1 Å². The number of rotatable bonds is 5. The van der Waals surface area contributed by atoms with E-state index in [0.717, 1.165) is 10.0 Å². The van der Waals surface area contributed by atoms with Crippen molar-refractivity contribution >= 4 is 44.3 Å². The highest BCUT2D eigenvalue weighted by atomic mass is 79.9. The number of nitrogens with one attached hydrogen (secondary N) is 1. The topological polar surface area (TPSA) is 108 Å². The molecule has 1 aromatic heterocycles. The van der Waals surface area contributed by atoms with Gasteiger partial charge in [-0.1, -0.05) is 6.07 Å². The Hall–Kier alpha value is -3.72. The van der Waals surface area contributed by atoms with Crippen molar-refractivity contribution in [3.63, 3.8) is 0 Å². The Kier molecular flexibility index (Phi) is 5.43. The van der Waals surface area contributed by atoms with Gasteiger partial charge < -0.3 is 14.5 Å². The summed E-state index contributed by atoms with van der Waals surface area (Å²) in [6.07, 6.45) is 0. The molecule has 4 rings (SSSR count). The lowest BCUT2D eigenvalue weighted by Gasteiger charge is -2.06. The van der Waals surface area contributed by atoms with Gasteiger partial charge in [-0.2, -0.15) is 0 Å². The average Bonchev–Trinajstić information content (AvgIpc) is 3.17. The SMILES string of the molecule is COc1ccc(-c2nc3cc(NC(=O)c4ccc(C)c([N+](=O)[O-])c4)ccc3o2)cc1Br. The second-order valence-corrected chi connectivity index (χ2v) is 7.62. The van der Waals surface area contributed by atoms with Gasteiger partial charge in [0.05, 0.1) is 16.5 Å². The number of amides is 1. The number of carbonyl (C=O) groups excluding carboxylic acids is 1. The standard InChI is InChI=1S/C22H16BrN3O5/c1-12-3-4-13(10-18(12)26(28)29)21(27)24-15-6-8-20-17(11-15)25-22(31-20)14-5-7-19(30-2)16(23)9-14/h3-11H,1-2H3,(H,24,27). The number of halogens is 1. The van der Waals surface area contributed by atoms with Crippen LogP contribution in [-0.2, 0) is 0 Å². The molecule has 0 aliphatic heterocycles. The van der Waals surface area contributed by atoms with Crippen LogP contribution in [0.3, 0.4) is 0 Å². The molecule has 0 unspecified atom stereocenters. The minimum Gasteiger partial charge on any atom is -0.496 e.